The Morgan fingerprint density at radius 3 is 2.23 bits per heavy atom. The number of amides is 1. The number of hydrogen-bond donors (Lipinski definition) is 1. The summed E-state index contributed by atoms with van der Waals surface area (Å²) in [6, 6.07) is 20.7. The fourth-order valence-electron chi connectivity index (χ4n) is 4.87. The monoisotopic (exact) mass is 437 g/mol. The Balaban J connectivity index is 1.62. The molecule has 5 rings (SSSR count). The van der Waals surface area contributed by atoms with Crippen molar-refractivity contribution in [1.29, 1.82) is 0 Å². The van der Waals surface area contributed by atoms with Gasteiger partial charge in [-0.1, -0.05) is 71.7 Å². The molecule has 0 aromatic heterocycles. The predicted molar refractivity (Wildman–Crippen MR) is 119 cm³/mol. The highest BCUT2D eigenvalue weighted by Gasteiger charge is 2.42. The van der Waals surface area contributed by atoms with Crippen molar-refractivity contribution < 1.29 is 9.90 Å². The lowest BCUT2D eigenvalue weighted by Crippen LogP contribution is -2.54. The van der Waals surface area contributed by atoms with Crippen molar-refractivity contribution in [3.05, 3.63) is 105 Å². The van der Waals surface area contributed by atoms with E-state index in [9.17, 15) is 9.90 Å². The third kappa shape index (κ3) is 3.31. The Labute approximate surface area is 185 Å². The molecule has 0 saturated carbocycles. The van der Waals surface area contributed by atoms with Crippen LogP contribution in [-0.2, 0) is 19.3 Å². The van der Waals surface area contributed by atoms with Crippen LogP contribution >= 0.6 is 23.2 Å². The van der Waals surface area contributed by atoms with Gasteiger partial charge < -0.3 is 10.0 Å². The minimum atomic E-state index is -0.636. The number of halogens is 2. The lowest BCUT2D eigenvalue weighted by atomic mass is 9.81. The Bertz CT molecular complexity index is 1130. The van der Waals surface area contributed by atoms with Crippen molar-refractivity contribution in [3.8, 4) is 0 Å². The number of benzene rings is 3. The van der Waals surface area contributed by atoms with Gasteiger partial charge in [0.15, 0.2) is 0 Å². The highest BCUT2D eigenvalue weighted by molar-refractivity contribution is 6.35. The minimum Gasteiger partial charge on any atom is -0.391 e. The van der Waals surface area contributed by atoms with Crippen LogP contribution in [0.4, 0.5) is 0 Å². The zero-order valence-electron chi connectivity index (χ0n) is 16.3. The van der Waals surface area contributed by atoms with Crippen LogP contribution in [0.25, 0.3) is 0 Å². The average Bonchev–Trinajstić information content (AvgIpc) is 2.74. The van der Waals surface area contributed by atoms with Crippen molar-refractivity contribution in [3.63, 3.8) is 0 Å². The smallest absolute Gasteiger partial charge is 0.255 e. The average molecular weight is 438 g/mol. The Hall–Kier alpha value is -2.33. The summed E-state index contributed by atoms with van der Waals surface area (Å²) in [7, 11) is 0. The number of rotatable bonds is 2. The van der Waals surface area contributed by atoms with Crippen LogP contribution in [-0.4, -0.2) is 28.1 Å². The van der Waals surface area contributed by atoms with Gasteiger partial charge in [-0.3, -0.25) is 4.79 Å². The maximum Gasteiger partial charge on any atom is 0.255 e. The summed E-state index contributed by atoms with van der Waals surface area (Å²) in [6.45, 7) is 0. The van der Waals surface area contributed by atoms with Gasteiger partial charge in [0.1, 0.15) is 0 Å². The number of carbonyl (C=O) groups is 1. The molecule has 1 N–H and O–H groups in total. The van der Waals surface area contributed by atoms with E-state index >= 15 is 0 Å². The van der Waals surface area contributed by atoms with Crippen molar-refractivity contribution >= 4 is 29.1 Å². The maximum absolute atomic E-state index is 13.7. The molecular weight excluding hydrogens is 417 g/mol. The van der Waals surface area contributed by atoms with Gasteiger partial charge in [0.2, 0.25) is 0 Å². The number of carbonyl (C=O) groups excluding carboxylic acids is 1. The van der Waals surface area contributed by atoms with Crippen LogP contribution in [0.1, 0.15) is 38.7 Å². The standard InChI is InChI=1S/C25H21Cl2NO2/c26-18-9-10-20(21(27)14-18)22-12-17-7-3-4-8-19(17)25(30)28(22)23-11-15-5-1-2-6-16(15)13-24(23)29/h1-10,14,22-24,29H,11-13H2. The van der Waals surface area contributed by atoms with Gasteiger partial charge in [-0.25, -0.2) is 0 Å². The van der Waals surface area contributed by atoms with Gasteiger partial charge in [-0.15, -0.1) is 0 Å². The van der Waals surface area contributed by atoms with Crippen LogP contribution in [0, 0.1) is 0 Å². The van der Waals surface area contributed by atoms with Crippen molar-refractivity contribution in [2.75, 3.05) is 0 Å². The van der Waals surface area contributed by atoms with Gasteiger partial charge in [0.05, 0.1) is 18.2 Å². The molecule has 3 atom stereocenters. The summed E-state index contributed by atoms with van der Waals surface area (Å²) >= 11 is 12.7. The molecule has 3 aromatic rings. The molecule has 0 radical (unpaired) electrons. The molecule has 0 bridgehead atoms. The summed E-state index contributed by atoms with van der Waals surface area (Å²) in [5.41, 5.74) is 4.88. The Kier molecular flexibility index (Phi) is 5.06. The van der Waals surface area contributed by atoms with E-state index in [-0.39, 0.29) is 18.0 Å². The lowest BCUT2D eigenvalue weighted by molar-refractivity contribution is 0.0129. The molecule has 1 heterocycles. The molecule has 1 aliphatic heterocycles. The highest BCUT2D eigenvalue weighted by atomic mass is 35.5. The second kappa shape index (κ2) is 7.73. The lowest BCUT2D eigenvalue weighted by Gasteiger charge is -2.45. The summed E-state index contributed by atoms with van der Waals surface area (Å²) < 4.78 is 0. The van der Waals surface area contributed by atoms with E-state index < -0.39 is 6.10 Å². The van der Waals surface area contributed by atoms with Gasteiger partial charge >= 0.3 is 0 Å². The van der Waals surface area contributed by atoms with E-state index in [1.165, 1.54) is 5.56 Å². The Morgan fingerprint density at radius 1 is 0.833 bits per heavy atom. The molecule has 3 nitrogen and oxygen atoms in total. The molecule has 1 amide bonds. The summed E-state index contributed by atoms with van der Waals surface area (Å²) in [6.07, 6.45) is 1.16. The number of hydrogen-bond acceptors (Lipinski definition) is 2. The molecule has 1 aliphatic carbocycles. The van der Waals surface area contributed by atoms with Crippen LogP contribution in [0.15, 0.2) is 66.7 Å². The normalized spacial score (nSPS) is 23.1. The summed E-state index contributed by atoms with van der Waals surface area (Å²) in [5, 5.41) is 12.2. The van der Waals surface area contributed by atoms with Gasteiger partial charge in [0.25, 0.3) is 5.91 Å². The molecule has 5 heteroatoms. The molecule has 3 unspecified atom stereocenters. The van der Waals surface area contributed by atoms with Gasteiger partial charge in [-0.2, -0.15) is 0 Å². The van der Waals surface area contributed by atoms with E-state index in [0.29, 0.717) is 34.9 Å². The first-order valence-corrected chi connectivity index (χ1v) is 10.9. The first-order valence-electron chi connectivity index (χ1n) is 10.1. The second-order valence-corrected chi connectivity index (χ2v) is 8.91. The predicted octanol–water partition coefficient (Wildman–Crippen LogP) is 5.26. The zero-order chi connectivity index (χ0) is 20.8. The summed E-state index contributed by atoms with van der Waals surface area (Å²) in [4.78, 5) is 15.5. The zero-order valence-corrected chi connectivity index (χ0v) is 17.8. The number of fused-ring (bicyclic) bond motifs is 2. The van der Waals surface area contributed by atoms with E-state index in [1.807, 2.05) is 47.4 Å². The van der Waals surface area contributed by atoms with E-state index in [2.05, 4.69) is 12.1 Å². The fraction of sp³-hybridized carbons (Fsp3) is 0.240. The largest absolute Gasteiger partial charge is 0.391 e. The molecule has 0 fully saturated rings. The van der Waals surface area contributed by atoms with E-state index in [4.69, 9.17) is 23.2 Å². The highest BCUT2D eigenvalue weighted by Crippen LogP contribution is 2.40. The SMILES string of the molecule is O=C1c2ccccc2CC(c2ccc(Cl)cc2Cl)N1C1Cc2ccccc2CC1O. The molecular formula is C25H21Cl2NO2. The third-order valence-corrected chi connectivity index (χ3v) is 6.89. The van der Waals surface area contributed by atoms with Crippen molar-refractivity contribution in [1.82, 2.24) is 4.90 Å². The maximum atomic E-state index is 13.7. The summed E-state index contributed by atoms with van der Waals surface area (Å²) in [5.74, 6) is -0.0590. The van der Waals surface area contributed by atoms with Crippen LogP contribution < -0.4 is 0 Å². The molecule has 0 spiro atoms. The van der Waals surface area contributed by atoms with Crippen molar-refractivity contribution in [2.24, 2.45) is 0 Å². The first-order chi connectivity index (χ1) is 14.5. The molecule has 3 aromatic carbocycles. The third-order valence-electron chi connectivity index (χ3n) is 6.33. The van der Waals surface area contributed by atoms with E-state index in [1.54, 1.807) is 12.1 Å². The fourth-order valence-corrected chi connectivity index (χ4v) is 5.40. The van der Waals surface area contributed by atoms with Crippen molar-refractivity contribution in [2.45, 2.75) is 37.5 Å². The number of aliphatic hydroxyl groups excluding tert-OH is 1. The quantitative estimate of drug-likeness (QED) is 0.593. The van der Waals surface area contributed by atoms with Crippen LogP contribution in [0.3, 0.4) is 0 Å². The van der Waals surface area contributed by atoms with Gasteiger partial charge in [-0.05, 0) is 53.3 Å². The number of nitrogens with zero attached hydrogens (tertiary/aromatic N) is 1. The van der Waals surface area contributed by atoms with Crippen LogP contribution in [0.2, 0.25) is 10.0 Å². The van der Waals surface area contributed by atoms with E-state index in [0.717, 1.165) is 16.7 Å². The molecule has 152 valence electrons. The van der Waals surface area contributed by atoms with Crippen LogP contribution in [0.5, 0.6) is 0 Å². The Morgan fingerprint density at radius 2 is 1.50 bits per heavy atom. The molecule has 0 saturated heterocycles. The molecule has 30 heavy (non-hydrogen) atoms. The minimum absolute atomic E-state index is 0.0590. The second-order valence-electron chi connectivity index (χ2n) is 8.07. The number of aliphatic hydroxyl groups is 1. The first kappa shape index (κ1) is 19.6. The topological polar surface area (TPSA) is 40.5 Å². The molecule has 2 aliphatic rings. The van der Waals surface area contributed by atoms with Gasteiger partial charge in [0, 0.05) is 22.0 Å².